The summed E-state index contributed by atoms with van der Waals surface area (Å²) in [5.74, 6) is 0.654. The van der Waals surface area contributed by atoms with Crippen molar-refractivity contribution in [3.05, 3.63) is 40.5 Å². The summed E-state index contributed by atoms with van der Waals surface area (Å²) in [7, 11) is 5.76. The Balaban J connectivity index is 1.74. The summed E-state index contributed by atoms with van der Waals surface area (Å²) in [6, 6.07) is 5.18. The molecular weight excluding hydrogens is 314 g/mol. The number of benzene rings is 1. The molecule has 0 spiro atoms. The maximum Gasteiger partial charge on any atom is 0.266 e. The van der Waals surface area contributed by atoms with Gasteiger partial charge in [0.15, 0.2) is 5.58 Å². The maximum atomic E-state index is 12.3. The standard InChI is InChI=1S/C15H17N5O2S/c1-19(2)14-17-8-10(20(14)3)7-16-13(21)9-4-5-11-12(6-9)22-15(23)18-11/h4-6,8H,7H2,1-3H3,(H,16,21)(H,18,23). The first-order valence-corrected chi connectivity index (χ1v) is 7.45. The van der Waals surface area contributed by atoms with Crippen LogP contribution in [0, 0.1) is 4.84 Å². The lowest BCUT2D eigenvalue weighted by molar-refractivity contribution is 0.0950. The van der Waals surface area contributed by atoms with Crippen molar-refractivity contribution in [3.63, 3.8) is 0 Å². The fraction of sp³-hybridized carbons (Fsp3) is 0.267. The van der Waals surface area contributed by atoms with E-state index in [2.05, 4.69) is 15.3 Å². The molecule has 0 saturated carbocycles. The van der Waals surface area contributed by atoms with E-state index in [9.17, 15) is 4.79 Å². The van der Waals surface area contributed by atoms with Crippen molar-refractivity contribution in [2.45, 2.75) is 6.54 Å². The van der Waals surface area contributed by atoms with Gasteiger partial charge in [-0.05, 0) is 30.4 Å². The minimum absolute atomic E-state index is 0.179. The van der Waals surface area contributed by atoms with Crippen LogP contribution in [0.15, 0.2) is 28.8 Å². The molecule has 1 aromatic carbocycles. The summed E-state index contributed by atoms with van der Waals surface area (Å²) in [5, 5.41) is 2.88. The minimum atomic E-state index is -0.179. The van der Waals surface area contributed by atoms with Crippen molar-refractivity contribution >= 4 is 35.2 Å². The molecule has 0 radical (unpaired) electrons. The molecule has 2 aromatic heterocycles. The largest absolute Gasteiger partial charge is 0.429 e. The van der Waals surface area contributed by atoms with Crippen LogP contribution < -0.4 is 10.2 Å². The average molecular weight is 331 g/mol. The number of hydrogen-bond donors (Lipinski definition) is 2. The monoisotopic (exact) mass is 331 g/mol. The number of amides is 1. The molecule has 1 amide bonds. The predicted octanol–water partition coefficient (Wildman–Crippen LogP) is 2.22. The Morgan fingerprint density at radius 2 is 2.26 bits per heavy atom. The van der Waals surface area contributed by atoms with Gasteiger partial charge in [0, 0.05) is 26.7 Å². The van der Waals surface area contributed by atoms with Gasteiger partial charge in [0.1, 0.15) is 0 Å². The first kappa shape index (κ1) is 15.3. The lowest BCUT2D eigenvalue weighted by Crippen LogP contribution is -2.24. The molecule has 0 aliphatic carbocycles. The third-order valence-electron chi connectivity index (χ3n) is 3.57. The van der Waals surface area contributed by atoms with Gasteiger partial charge < -0.3 is 24.2 Å². The highest BCUT2D eigenvalue weighted by Gasteiger charge is 2.11. The van der Waals surface area contributed by atoms with E-state index in [1.807, 2.05) is 30.6 Å². The lowest BCUT2D eigenvalue weighted by Gasteiger charge is -2.12. The van der Waals surface area contributed by atoms with E-state index in [1.165, 1.54) is 0 Å². The second kappa shape index (κ2) is 5.88. The molecular formula is C15H17N5O2S. The number of H-pyrrole nitrogens is 1. The molecule has 3 aromatic rings. The number of oxazole rings is 1. The second-order valence-electron chi connectivity index (χ2n) is 5.41. The molecule has 0 atom stereocenters. The highest BCUT2D eigenvalue weighted by atomic mass is 32.1. The predicted molar refractivity (Wildman–Crippen MR) is 90.1 cm³/mol. The maximum absolute atomic E-state index is 12.3. The van der Waals surface area contributed by atoms with Gasteiger partial charge in [-0.3, -0.25) is 4.79 Å². The minimum Gasteiger partial charge on any atom is -0.429 e. The van der Waals surface area contributed by atoms with Crippen LogP contribution in [0.1, 0.15) is 16.1 Å². The van der Waals surface area contributed by atoms with Gasteiger partial charge in [0.05, 0.1) is 24.0 Å². The van der Waals surface area contributed by atoms with Crippen LogP contribution in [-0.4, -0.2) is 34.5 Å². The molecule has 7 nitrogen and oxygen atoms in total. The Morgan fingerprint density at radius 1 is 1.48 bits per heavy atom. The van der Waals surface area contributed by atoms with E-state index in [-0.39, 0.29) is 5.91 Å². The van der Waals surface area contributed by atoms with Gasteiger partial charge in [-0.15, -0.1) is 0 Å². The number of nitrogens with one attached hydrogen (secondary N) is 2. The van der Waals surface area contributed by atoms with Crippen LogP contribution in [-0.2, 0) is 13.6 Å². The van der Waals surface area contributed by atoms with Crippen molar-refractivity contribution in [1.29, 1.82) is 0 Å². The molecule has 0 bridgehead atoms. The van der Waals surface area contributed by atoms with Crippen LogP contribution in [0.4, 0.5) is 5.95 Å². The third kappa shape index (κ3) is 2.98. The number of aromatic amines is 1. The number of anilines is 1. The van der Waals surface area contributed by atoms with Gasteiger partial charge >= 0.3 is 0 Å². The molecule has 0 saturated heterocycles. The van der Waals surface area contributed by atoms with Crippen molar-refractivity contribution in [2.75, 3.05) is 19.0 Å². The zero-order valence-electron chi connectivity index (χ0n) is 13.1. The SMILES string of the molecule is CN(C)c1ncc(CNC(=O)c2ccc3[nH]c(=S)oc3c2)n1C. The van der Waals surface area contributed by atoms with Crippen LogP contribution in [0.5, 0.6) is 0 Å². The van der Waals surface area contributed by atoms with Gasteiger partial charge in [-0.25, -0.2) is 4.98 Å². The summed E-state index contributed by atoms with van der Waals surface area (Å²) in [5.41, 5.74) is 2.78. The highest BCUT2D eigenvalue weighted by molar-refractivity contribution is 7.71. The summed E-state index contributed by atoms with van der Waals surface area (Å²) in [4.78, 5) is 21.7. The Bertz CT molecular complexity index is 921. The molecule has 8 heteroatoms. The summed E-state index contributed by atoms with van der Waals surface area (Å²) < 4.78 is 7.27. The normalized spacial score (nSPS) is 10.9. The molecule has 3 rings (SSSR count). The first-order valence-electron chi connectivity index (χ1n) is 7.04. The molecule has 0 fully saturated rings. The smallest absolute Gasteiger partial charge is 0.266 e. The number of rotatable bonds is 4. The molecule has 0 unspecified atom stereocenters. The highest BCUT2D eigenvalue weighted by Crippen LogP contribution is 2.16. The van der Waals surface area contributed by atoms with Crippen molar-refractivity contribution in [2.24, 2.45) is 7.05 Å². The lowest BCUT2D eigenvalue weighted by atomic mass is 10.2. The Hall–Kier alpha value is -2.61. The summed E-state index contributed by atoms with van der Waals surface area (Å²) >= 11 is 4.94. The number of aromatic nitrogens is 3. The number of imidazole rings is 1. The molecule has 0 aliphatic rings. The third-order valence-corrected chi connectivity index (χ3v) is 3.76. The molecule has 0 aliphatic heterocycles. The van der Waals surface area contributed by atoms with E-state index >= 15 is 0 Å². The average Bonchev–Trinajstić information content (AvgIpc) is 3.05. The first-order chi connectivity index (χ1) is 11.0. The van der Waals surface area contributed by atoms with Gasteiger partial charge in [-0.1, -0.05) is 0 Å². The topological polar surface area (TPSA) is 79.1 Å². The molecule has 23 heavy (non-hydrogen) atoms. The van der Waals surface area contributed by atoms with Gasteiger partial charge in [-0.2, -0.15) is 0 Å². The van der Waals surface area contributed by atoms with E-state index < -0.39 is 0 Å². The van der Waals surface area contributed by atoms with E-state index in [4.69, 9.17) is 16.6 Å². The van der Waals surface area contributed by atoms with E-state index in [0.717, 1.165) is 17.2 Å². The second-order valence-corrected chi connectivity index (χ2v) is 5.78. The van der Waals surface area contributed by atoms with Crippen molar-refractivity contribution in [3.8, 4) is 0 Å². The fourth-order valence-corrected chi connectivity index (χ4v) is 2.57. The molecule has 2 heterocycles. The van der Waals surface area contributed by atoms with Crippen LogP contribution >= 0.6 is 12.2 Å². The molecule has 120 valence electrons. The number of fused-ring (bicyclic) bond motifs is 1. The van der Waals surface area contributed by atoms with Crippen LogP contribution in [0.3, 0.4) is 0 Å². The zero-order chi connectivity index (χ0) is 16.6. The van der Waals surface area contributed by atoms with Crippen LogP contribution in [0.2, 0.25) is 0 Å². The molecule has 2 N–H and O–H groups in total. The van der Waals surface area contributed by atoms with Crippen molar-refractivity contribution in [1.82, 2.24) is 19.9 Å². The number of carbonyl (C=O) groups excluding carboxylic acids is 1. The quantitative estimate of drug-likeness (QED) is 0.717. The zero-order valence-corrected chi connectivity index (χ0v) is 13.9. The van der Waals surface area contributed by atoms with Crippen molar-refractivity contribution < 1.29 is 9.21 Å². The number of hydrogen-bond acceptors (Lipinski definition) is 5. The van der Waals surface area contributed by atoms with Gasteiger partial charge in [0.25, 0.3) is 10.7 Å². The number of nitrogens with zero attached hydrogens (tertiary/aromatic N) is 3. The fourth-order valence-electron chi connectivity index (χ4n) is 2.37. The Labute approximate surface area is 137 Å². The summed E-state index contributed by atoms with van der Waals surface area (Å²) in [6.45, 7) is 0.394. The van der Waals surface area contributed by atoms with Crippen LogP contribution in [0.25, 0.3) is 11.1 Å². The summed E-state index contributed by atoms with van der Waals surface area (Å²) in [6.07, 6.45) is 1.75. The van der Waals surface area contributed by atoms with Gasteiger partial charge in [0.2, 0.25) is 5.95 Å². The Morgan fingerprint density at radius 3 is 2.96 bits per heavy atom. The number of carbonyl (C=O) groups is 1. The Kier molecular flexibility index (Phi) is 3.91. The van der Waals surface area contributed by atoms with E-state index in [0.29, 0.717) is 22.5 Å². The van der Waals surface area contributed by atoms with E-state index in [1.54, 1.807) is 24.4 Å².